The number of nitrogens with zero attached hydrogens (tertiary/aromatic N) is 1. The topological polar surface area (TPSA) is 24.5 Å². The molecule has 1 fully saturated rings. The van der Waals surface area contributed by atoms with Crippen molar-refractivity contribution in [3.05, 3.63) is 48.6 Å². The van der Waals surface area contributed by atoms with Crippen LogP contribution in [0.3, 0.4) is 0 Å². The molecule has 1 atom stereocenters. The molecule has 0 spiro atoms. The van der Waals surface area contributed by atoms with Gasteiger partial charge < -0.3 is 10.1 Å². The normalized spacial score (nSPS) is 19.9. The van der Waals surface area contributed by atoms with Crippen molar-refractivity contribution in [2.24, 2.45) is 0 Å². The Kier molecular flexibility index (Phi) is 6.78. The number of nitrogens with one attached hydrogen (secondary N) is 1. The average molecular weight is 274 g/mol. The van der Waals surface area contributed by atoms with E-state index in [0.29, 0.717) is 6.04 Å². The van der Waals surface area contributed by atoms with Crippen LogP contribution < -0.4 is 5.32 Å². The fourth-order valence-corrected chi connectivity index (χ4v) is 2.60. The monoisotopic (exact) mass is 274 g/mol. The zero-order valence-electron chi connectivity index (χ0n) is 12.3. The van der Waals surface area contributed by atoms with Crippen molar-refractivity contribution < 1.29 is 4.74 Å². The highest BCUT2D eigenvalue weighted by atomic mass is 16.5. The van der Waals surface area contributed by atoms with E-state index in [1.54, 1.807) is 0 Å². The van der Waals surface area contributed by atoms with Crippen LogP contribution in [0, 0.1) is 0 Å². The molecule has 1 unspecified atom stereocenters. The summed E-state index contributed by atoms with van der Waals surface area (Å²) in [5.74, 6) is 0. The van der Waals surface area contributed by atoms with Crippen molar-refractivity contribution in [1.82, 2.24) is 10.2 Å². The lowest BCUT2D eigenvalue weighted by Gasteiger charge is -2.33. The molecule has 0 aliphatic carbocycles. The molecule has 0 saturated carbocycles. The van der Waals surface area contributed by atoms with Gasteiger partial charge in [-0.05, 0) is 18.4 Å². The summed E-state index contributed by atoms with van der Waals surface area (Å²) in [6.45, 7) is 9.66. The van der Waals surface area contributed by atoms with Crippen molar-refractivity contribution >= 4 is 0 Å². The molecule has 3 nitrogen and oxygen atoms in total. The van der Waals surface area contributed by atoms with Crippen LogP contribution in [-0.2, 0) is 11.2 Å². The lowest BCUT2D eigenvalue weighted by atomic mass is 10.0. The van der Waals surface area contributed by atoms with Gasteiger partial charge in [-0.1, -0.05) is 36.4 Å². The van der Waals surface area contributed by atoms with E-state index in [2.05, 4.69) is 47.1 Å². The Morgan fingerprint density at radius 1 is 1.30 bits per heavy atom. The van der Waals surface area contributed by atoms with Crippen molar-refractivity contribution in [2.45, 2.75) is 18.9 Å². The Labute approximate surface area is 122 Å². The second-order valence-electron chi connectivity index (χ2n) is 5.33. The van der Waals surface area contributed by atoms with Crippen LogP contribution in [0.2, 0.25) is 0 Å². The predicted molar refractivity (Wildman–Crippen MR) is 84.0 cm³/mol. The average Bonchev–Trinajstić information content (AvgIpc) is 2.48. The zero-order valence-corrected chi connectivity index (χ0v) is 12.3. The Balaban J connectivity index is 1.67. The van der Waals surface area contributed by atoms with E-state index in [0.717, 1.165) is 52.2 Å². The van der Waals surface area contributed by atoms with Gasteiger partial charge in [0.05, 0.1) is 13.2 Å². The van der Waals surface area contributed by atoms with Gasteiger partial charge >= 0.3 is 0 Å². The van der Waals surface area contributed by atoms with Gasteiger partial charge in [0.15, 0.2) is 0 Å². The Morgan fingerprint density at radius 2 is 2.15 bits per heavy atom. The van der Waals surface area contributed by atoms with Crippen molar-refractivity contribution in [3.8, 4) is 0 Å². The maximum Gasteiger partial charge on any atom is 0.0593 e. The molecule has 0 aromatic heterocycles. The first kappa shape index (κ1) is 15.2. The first-order valence-corrected chi connectivity index (χ1v) is 7.57. The maximum atomic E-state index is 5.60. The molecular formula is C17H26N2O. The molecule has 1 aromatic carbocycles. The van der Waals surface area contributed by atoms with Crippen molar-refractivity contribution in [2.75, 3.05) is 39.4 Å². The van der Waals surface area contributed by atoms with Gasteiger partial charge in [0.25, 0.3) is 0 Å². The van der Waals surface area contributed by atoms with E-state index in [1.165, 1.54) is 5.56 Å². The zero-order chi connectivity index (χ0) is 14.0. The number of benzene rings is 1. The number of rotatable bonds is 8. The molecule has 110 valence electrons. The third kappa shape index (κ3) is 5.45. The van der Waals surface area contributed by atoms with E-state index in [-0.39, 0.29) is 0 Å². The second kappa shape index (κ2) is 8.90. The summed E-state index contributed by atoms with van der Waals surface area (Å²) < 4.78 is 5.60. The van der Waals surface area contributed by atoms with E-state index in [1.807, 2.05) is 6.08 Å². The standard InChI is InChI=1S/C17H26N2O/c1-2-3-12-20-13-11-19-10-9-18-17(15-19)14-16-7-5-4-6-8-16/h2,4-8,17-18H,1,3,9-15H2. The van der Waals surface area contributed by atoms with Crippen LogP contribution in [0.4, 0.5) is 0 Å². The van der Waals surface area contributed by atoms with Gasteiger partial charge in [-0.15, -0.1) is 6.58 Å². The van der Waals surface area contributed by atoms with Crippen molar-refractivity contribution in [3.63, 3.8) is 0 Å². The van der Waals surface area contributed by atoms with Crippen LogP contribution in [0.25, 0.3) is 0 Å². The molecule has 1 N–H and O–H groups in total. The minimum atomic E-state index is 0.555. The first-order chi connectivity index (χ1) is 9.88. The molecule has 1 aromatic rings. The summed E-state index contributed by atoms with van der Waals surface area (Å²) in [6.07, 6.45) is 3.95. The number of piperazine rings is 1. The summed E-state index contributed by atoms with van der Waals surface area (Å²) in [5, 5.41) is 3.61. The van der Waals surface area contributed by atoms with E-state index in [9.17, 15) is 0 Å². The molecule has 0 amide bonds. The highest BCUT2D eigenvalue weighted by Gasteiger charge is 2.18. The van der Waals surface area contributed by atoms with Crippen LogP contribution in [-0.4, -0.2) is 50.3 Å². The molecular weight excluding hydrogens is 248 g/mol. The van der Waals surface area contributed by atoms with E-state index >= 15 is 0 Å². The van der Waals surface area contributed by atoms with Crippen LogP contribution in [0.15, 0.2) is 43.0 Å². The molecule has 1 saturated heterocycles. The van der Waals surface area contributed by atoms with Crippen LogP contribution >= 0.6 is 0 Å². The van der Waals surface area contributed by atoms with Crippen LogP contribution in [0.5, 0.6) is 0 Å². The minimum absolute atomic E-state index is 0.555. The van der Waals surface area contributed by atoms with Gasteiger partial charge in [0.2, 0.25) is 0 Å². The molecule has 1 aliphatic heterocycles. The molecule has 1 aliphatic rings. The molecule has 0 radical (unpaired) electrons. The smallest absolute Gasteiger partial charge is 0.0593 e. The first-order valence-electron chi connectivity index (χ1n) is 7.57. The largest absolute Gasteiger partial charge is 0.380 e. The van der Waals surface area contributed by atoms with Gasteiger partial charge in [-0.3, -0.25) is 4.90 Å². The molecule has 1 heterocycles. The summed E-state index contributed by atoms with van der Waals surface area (Å²) in [5.41, 5.74) is 1.41. The molecule has 20 heavy (non-hydrogen) atoms. The fourth-order valence-electron chi connectivity index (χ4n) is 2.60. The lowest BCUT2D eigenvalue weighted by Crippen LogP contribution is -2.52. The SMILES string of the molecule is C=CCCOCCN1CCNC(Cc2ccccc2)C1. The summed E-state index contributed by atoms with van der Waals surface area (Å²) in [7, 11) is 0. The van der Waals surface area contributed by atoms with Gasteiger partial charge in [0.1, 0.15) is 0 Å². The quantitative estimate of drug-likeness (QED) is 0.580. The number of hydrogen-bond acceptors (Lipinski definition) is 3. The highest BCUT2D eigenvalue weighted by molar-refractivity contribution is 5.16. The van der Waals surface area contributed by atoms with Gasteiger partial charge in [0, 0.05) is 32.2 Å². The minimum Gasteiger partial charge on any atom is -0.380 e. The Hall–Kier alpha value is -1.16. The summed E-state index contributed by atoms with van der Waals surface area (Å²) in [4.78, 5) is 2.50. The van der Waals surface area contributed by atoms with Gasteiger partial charge in [-0.25, -0.2) is 0 Å². The molecule has 0 bridgehead atoms. The predicted octanol–water partition coefficient (Wildman–Crippen LogP) is 2.10. The number of hydrogen-bond donors (Lipinski definition) is 1. The summed E-state index contributed by atoms with van der Waals surface area (Å²) >= 11 is 0. The number of ether oxygens (including phenoxy) is 1. The maximum absolute atomic E-state index is 5.60. The molecule has 2 rings (SSSR count). The third-order valence-corrected chi connectivity index (χ3v) is 3.68. The van der Waals surface area contributed by atoms with Gasteiger partial charge in [-0.2, -0.15) is 0 Å². The van der Waals surface area contributed by atoms with Crippen LogP contribution in [0.1, 0.15) is 12.0 Å². The Morgan fingerprint density at radius 3 is 2.95 bits per heavy atom. The second-order valence-corrected chi connectivity index (χ2v) is 5.33. The lowest BCUT2D eigenvalue weighted by molar-refractivity contribution is 0.0943. The van der Waals surface area contributed by atoms with E-state index < -0.39 is 0 Å². The third-order valence-electron chi connectivity index (χ3n) is 3.68. The van der Waals surface area contributed by atoms with Crippen molar-refractivity contribution in [1.29, 1.82) is 0 Å². The Bertz CT molecular complexity index is 380. The summed E-state index contributed by atoms with van der Waals surface area (Å²) in [6, 6.07) is 11.3. The van der Waals surface area contributed by atoms with E-state index in [4.69, 9.17) is 4.74 Å². The fraction of sp³-hybridized carbons (Fsp3) is 0.529. The molecule has 3 heteroatoms. The highest BCUT2D eigenvalue weighted by Crippen LogP contribution is 2.07.